The predicted octanol–water partition coefficient (Wildman–Crippen LogP) is 0.215. The molecule has 3 N–H and O–H groups in total. The van der Waals surface area contributed by atoms with Crippen molar-refractivity contribution in [3.8, 4) is 0 Å². The molecule has 1 unspecified atom stereocenters. The van der Waals surface area contributed by atoms with E-state index >= 15 is 0 Å². The van der Waals surface area contributed by atoms with Gasteiger partial charge in [-0.2, -0.15) is 11.8 Å². The number of thioether (sulfide) groups is 1. The van der Waals surface area contributed by atoms with Gasteiger partial charge in [0.15, 0.2) is 0 Å². The molecule has 6 nitrogen and oxygen atoms in total. The van der Waals surface area contributed by atoms with Gasteiger partial charge in [-0.1, -0.05) is 6.92 Å². The van der Waals surface area contributed by atoms with Crippen molar-refractivity contribution in [2.45, 2.75) is 25.5 Å². The summed E-state index contributed by atoms with van der Waals surface area (Å²) in [5, 5.41) is 21.1. The van der Waals surface area contributed by atoms with Crippen LogP contribution in [0.1, 0.15) is 13.3 Å². The van der Waals surface area contributed by atoms with E-state index in [1.54, 1.807) is 11.8 Å². The lowest BCUT2D eigenvalue weighted by molar-refractivity contribution is -0.141. The molecule has 0 aromatic rings. The zero-order chi connectivity index (χ0) is 13.7. The number of urea groups is 1. The number of rotatable bonds is 5. The average molecular weight is 276 g/mol. The number of hydrogen-bond donors (Lipinski definition) is 3. The summed E-state index contributed by atoms with van der Waals surface area (Å²) in [5.41, 5.74) is 0. The molecule has 2 amide bonds. The van der Waals surface area contributed by atoms with Crippen LogP contribution in [0.5, 0.6) is 0 Å². The Kier molecular flexibility index (Phi) is 5.74. The molecule has 0 aromatic heterocycles. The Morgan fingerprint density at radius 1 is 1.56 bits per heavy atom. The van der Waals surface area contributed by atoms with Gasteiger partial charge in [0, 0.05) is 19.5 Å². The highest BCUT2D eigenvalue weighted by molar-refractivity contribution is 7.98. The first-order valence-electron chi connectivity index (χ1n) is 5.90. The fourth-order valence-corrected chi connectivity index (χ4v) is 2.67. The lowest BCUT2D eigenvalue weighted by atomic mass is 10.2. The van der Waals surface area contributed by atoms with E-state index in [-0.39, 0.29) is 13.0 Å². The highest BCUT2D eigenvalue weighted by atomic mass is 32.2. The van der Waals surface area contributed by atoms with Gasteiger partial charge in [0.2, 0.25) is 0 Å². The summed E-state index contributed by atoms with van der Waals surface area (Å²) in [6.45, 7) is 2.61. The molecule has 0 aliphatic carbocycles. The number of nitrogens with zero attached hydrogens (tertiary/aromatic N) is 1. The summed E-state index contributed by atoms with van der Waals surface area (Å²) in [5.74, 6) is 0.198. The number of nitrogens with one attached hydrogen (secondary N) is 1. The maximum atomic E-state index is 11.8. The van der Waals surface area contributed by atoms with Gasteiger partial charge in [0.05, 0.1) is 6.10 Å². The van der Waals surface area contributed by atoms with Gasteiger partial charge >= 0.3 is 12.0 Å². The fraction of sp³-hybridized carbons (Fsp3) is 0.818. The number of likely N-dealkylation sites (tertiary alicyclic amines) is 1. The van der Waals surface area contributed by atoms with Crippen LogP contribution in [0, 0.1) is 5.92 Å². The molecule has 0 saturated carbocycles. The number of carbonyl (C=O) groups excluding carboxylic acids is 1. The van der Waals surface area contributed by atoms with E-state index in [2.05, 4.69) is 5.32 Å². The fourth-order valence-electron chi connectivity index (χ4n) is 1.98. The van der Waals surface area contributed by atoms with Crippen LogP contribution in [0.25, 0.3) is 0 Å². The zero-order valence-electron chi connectivity index (χ0n) is 10.6. The zero-order valence-corrected chi connectivity index (χ0v) is 11.4. The smallest absolute Gasteiger partial charge is 0.326 e. The number of β-amino-alcohol motifs (C(OH)–C–C–N with tert-alkyl or cyclic N) is 1. The molecule has 0 spiro atoms. The lowest BCUT2D eigenvalue weighted by Gasteiger charge is -2.22. The van der Waals surface area contributed by atoms with Gasteiger partial charge < -0.3 is 20.4 Å². The predicted molar refractivity (Wildman–Crippen MR) is 69.7 cm³/mol. The minimum atomic E-state index is -1.07. The van der Waals surface area contributed by atoms with Crippen molar-refractivity contribution in [3.63, 3.8) is 0 Å². The molecular weight excluding hydrogens is 256 g/mol. The maximum absolute atomic E-state index is 11.8. The van der Waals surface area contributed by atoms with E-state index in [1.807, 2.05) is 13.2 Å². The number of carbonyl (C=O) groups is 2. The number of carboxylic acids is 1. The summed E-state index contributed by atoms with van der Waals surface area (Å²) in [7, 11) is 0. The normalized spacial score (nSPS) is 24.9. The van der Waals surface area contributed by atoms with Crippen molar-refractivity contribution < 1.29 is 19.8 Å². The van der Waals surface area contributed by atoms with Crippen molar-refractivity contribution in [3.05, 3.63) is 0 Å². The Hall–Kier alpha value is -0.950. The highest BCUT2D eigenvalue weighted by Crippen LogP contribution is 2.18. The first-order valence-corrected chi connectivity index (χ1v) is 7.29. The van der Waals surface area contributed by atoms with Crippen LogP contribution in [0.2, 0.25) is 0 Å². The second-order valence-corrected chi connectivity index (χ2v) is 5.55. The van der Waals surface area contributed by atoms with E-state index in [9.17, 15) is 14.7 Å². The van der Waals surface area contributed by atoms with Crippen LogP contribution in [0.15, 0.2) is 0 Å². The molecule has 18 heavy (non-hydrogen) atoms. The topological polar surface area (TPSA) is 89.9 Å². The summed E-state index contributed by atoms with van der Waals surface area (Å²) in [4.78, 5) is 24.0. The summed E-state index contributed by atoms with van der Waals surface area (Å²) >= 11 is 1.70. The van der Waals surface area contributed by atoms with Gasteiger partial charge in [0.25, 0.3) is 0 Å². The molecular formula is C11H20N2O4S. The number of hydrogen-bond acceptors (Lipinski definition) is 4. The third kappa shape index (κ3) is 4.06. The molecule has 0 bridgehead atoms. The summed E-state index contributed by atoms with van der Waals surface area (Å²) < 4.78 is 0. The molecule has 1 aliphatic heterocycles. The van der Waals surface area contributed by atoms with Gasteiger partial charge in [-0.3, -0.25) is 0 Å². The second-order valence-electron chi connectivity index (χ2n) is 4.64. The van der Waals surface area contributed by atoms with Gasteiger partial charge in [-0.25, -0.2) is 9.59 Å². The van der Waals surface area contributed by atoms with Crippen LogP contribution >= 0.6 is 11.8 Å². The SMILES string of the molecule is CSCC(C)CNC(=O)N1C[C@@H](O)C[C@H]1C(=O)O. The Balaban J connectivity index is 2.47. The van der Waals surface area contributed by atoms with E-state index in [0.717, 1.165) is 5.75 Å². The van der Waals surface area contributed by atoms with Gasteiger partial charge in [0.1, 0.15) is 6.04 Å². The molecule has 1 fully saturated rings. The molecule has 1 heterocycles. The molecule has 0 aromatic carbocycles. The van der Waals surface area contributed by atoms with Crippen LogP contribution in [-0.4, -0.2) is 64.4 Å². The largest absolute Gasteiger partial charge is 0.480 e. The molecule has 7 heteroatoms. The van der Waals surface area contributed by atoms with Crippen molar-refractivity contribution >= 4 is 23.8 Å². The van der Waals surface area contributed by atoms with Crippen molar-refractivity contribution in [1.29, 1.82) is 0 Å². The highest BCUT2D eigenvalue weighted by Gasteiger charge is 2.38. The standard InChI is InChI=1S/C11H20N2O4S/c1-7(6-18-2)4-12-11(17)13-5-8(14)3-9(13)10(15)16/h7-9,14H,3-6H2,1-2H3,(H,12,17)(H,15,16)/t7?,8-,9-/m0/s1. The Morgan fingerprint density at radius 3 is 2.78 bits per heavy atom. The number of aliphatic hydroxyl groups is 1. The van der Waals surface area contributed by atoms with Crippen molar-refractivity contribution in [1.82, 2.24) is 10.2 Å². The van der Waals surface area contributed by atoms with Crippen molar-refractivity contribution in [2.75, 3.05) is 25.1 Å². The van der Waals surface area contributed by atoms with Crippen molar-refractivity contribution in [2.24, 2.45) is 5.92 Å². The van der Waals surface area contributed by atoms with Crippen LogP contribution in [-0.2, 0) is 4.79 Å². The number of aliphatic carboxylic acids is 1. The molecule has 3 atom stereocenters. The molecule has 104 valence electrons. The number of carboxylic acid groups (broad SMARTS) is 1. The monoisotopic (exact) mass is 276 g/mol. The van der Waals surface area contributed by atoms with E-state index < -0.39 is 24.1 Å². The molecule has 1 rings (SSSR count). The minimum absolute atomic E-state index is 0.0830. The van der Waals surface area contributed by atoms with E-state index in [4.69, 9.17) is 5.11 Å². The molecule has 1 aliphatic rings. The lowest BCUT2D eigenvalue weighted by Crippen LogP contribution is -2.47. The minimum Gasteiger partial charge on any atom is -0.480 e. The number of amides is 2. The third-order valence-corrected chi connectivity index (χ3v) is 3.78. The first kappa shape index (κ1) is 15.1. The Morgan fingerprint density at radius 2 is 2.22 bits per heavy atom. The summed E-state index contributed by atoms with van der Waals surface area (Å²) in [6.07, 6.45) is 1.35. The Bertz CT molecular complexity index is 313. The number of aliphatic hydroxyl groups excluding tert-OH is 1. The summed E-state index contributed by atoms with van der Waals surface area (Å²) in [6, 6.07) is -1.33. The van der Waals surface area contributed by atoms with E-state index in [0.29, 0.717) is 12.5 Å². The van der Waals surface area contributed by atoms with Crippen LogP contribution in [0.4, 0.5) is 4.79 Å². The Labute approximate surface area is 111 Å². The molecule has 1 saturated heterocycles. The van der Waals surface area contributed by atoms with Gasteiger partial charge in [-0.15, -0.1) is 0 Å². The first-order chi connectivity index (χ1) is 8.45. The van der Waals surface area contributed by atoms with Crippen LogP contribution in [0.3, 0.4) is 0 Å². The van der Waals surface area contributed by atoms with E-state index in [1.165, 1.54) is 4.90 Å². The quantitative estimate of drug-likeness (QED) is 0.668. The maximum Gasteiger partial charge on any atom is 0.326 e. The van der Waals surface area contributed by atoms with Gasteiger partial charge in [-0.05, 0) is 17.9 Å². The molecule has 0 radical (unpaired) electrons. The van der Waals surface area contributed by atoms with Crippen LogP contribution < -0.4 is 5.32 Å². The average Bonchev–Trinajstić information content (AvgIpc) is 2.69. The second kappa shape index (κ2) is 6.84. The third-order valence-electron chi connectivity index (χ3n) is 2.88.